The van der Waals surface area contributed by atoms with E-state index in [4.69, 9.17) is 0 Å². The van der Waals surface area contributed by atoms with Crippen LogP contribution in [0.4, 0.5) is 14.5 Å². The number of aromatic amines is 1. The zero-order chi connectivity index (χ0) is 18.3. The summed E-state index contributed by atoms with van der Waals surface area (Å²) in [6.45, 7) is 1.65. The third kappa shape index (κ3) is 2.57. The normalized spacial score (nSPS) is 11.7. The van der Waals surface area contributed by atoms with Crippen LogP contribution in [0.5, 0.6) is 0 Å². The van der Waals surface area contributed by atoms with E-state index in [0.717, 1.165) is 18.3 Å². The number of nitrogens with one attached hydrogen (secondary N) is 1. The molecule has 0 saturated carbocycles. The Bertz CT molecular complexity index is 1180. The van der Waals surface area contributed by atoms with Gasteiger partial charge in [-0.2, -0.15) is 9.20 Å². The van der Waals surface area contributed by atoms with Crippen molar-refractivity contribution < 1.29 is 8.78 Å². The molecular weight excluding hydrogens is 344 g/mol. The highest BCUT2D eigenvalue weighted by molar-refractivity contribution is 5.83. The van der Waals surface area contributed by atoms with Gasteiger partial charge in [0, 0.05) is 11.9 Å². The lowest BCUT2D eigenvalue weighted by Gasteiger charge is -2.00. The second-order valence-corrected chi connectivity index (χ2v) is 5.44. The molecule has 0 aliphatic heterocycles. The number of aryl methyl sites for hydroxylation is 1. The first kappa shape index (κ1) is 15.8. The summed E-state index contributed by atoms with van der Waals surface area (Å²) in [6, 6.07) is 6.68. The Morgan fingerprint density at radius 1 is 1.19 bits per heavy atom. The highest BCUT2D eigenvalue weighted by Gasteiger charge is 2.13. The molecule has 0 aliphatic carbocycles. The van der Waals surface area contributed by atoms with E-state index in [9.17, 15) is 13.6 Å². The van der Waals surface area contributed by atoms with Crippen LogP contribution in [0.15, 0.2) is 46.4 Å². The Morgan fingerprint density at radius 3 is 2.73 bits per heavy atom. The van der Waals surface area contributed by atoms with Gasteiger partial charge in [-0.25, -0.2) is 13.8 Å². The van der Waals surface area contributed by atoms with Gasteiger partial charge in [0.2, 0.25) is 0 Å². The molecule has 4 aromatic rings. The lowest BCUT2D eigenvalue weighted by molar-refractivity contribution is 0.587. The number of hydrogen-bond acceptors (Lipinski definition) is 5. The van der Waals surface area contributed by atoms with Crippen LogP contribution in [0.1, 0.15) is 11.3 Å². The van der Waals surface area contributed by atoms with Crippen molar-refractivity contribution in [3.63, 3.8) is 0 Å². The fraction of sp³-hybridized carbons (Fsp3) is 0.0625. The number of nitrogens with zero attached hydrogens (tertiary/aromatic N) is 6. The van der Waals surface area contributed by atoms with E-state index in [1.54, 1.807) is 19.1 Å². The third-order valence-corrected chi connectivity index (χ3v) is 3.75. The summed E-state index contributed by atoms with van der Waals surface area (Å²) in [5.41, 5.74) is 0.257. The van der Waals surface area contributed by atoms with Gasteiger partial charge in [-0.05, 0) is 31.2 Å². The van der Waals surface area contributed by atoms with Crippen LogP contribution in [0.3, 0.4) is 0 Å². The van der Waals surface area contributed by atoms with Crippen LogP contribution in [0, 0.1) is 18.6 Å². The summed E-state index contributed by atoms with van der Waals surface area (Å²) in [7, 11) is 0. The number of fused-ring (bicyclic) bond motifs is 1. The predicted molar refractivity (Wildman–Crippen MR) is 89.1 cm³/mol. The van der Waals surface area contributed by atoms with Crippen LogP contribution >= 0.6 is 0 Å². The van der Waals surface area contributed by atoms with Crippen LogP contribution < -0.4 is 5.56 Å². The molecule has 4 rings (SSSR count). The molecule has 26 heavy (non-hydrogen) atoms. The quantitative estimate of drug-likeness (QED) is 0.568. The van der Waals surface area contributed by atoms with E-state index in [0.29, 0.717) is 17.2 Å². The van der Waals surface area contributed by atoms with Crippen LogP contribution in [0.2, 0.25) is 0 Å². The zero-order valence-corrected chi connectivity index (χ0v) is 13.4. The van der Waals surface area contributed by atoms with Crippen molar-refractivity contribution in [3.8, 4) is 5.82 Å². The summed E-state index contributed by atoms with van der Waals surface area (Å²) in [4.78, 5) is 16.4. The maximum atomic E-state index is 13.7. The van der Waals surface area contributed by atoms with E-state index < -0.39 is 22.9 Å². The first-order valence-electron chi connectivity index (χ1n) is 7.52. The summed E-state index contributed by atoms with van der Waals surface area (Å²) in [5, 5.41) is 14.6. The van der Waals surface area contributed by atoms with Crippen LogP contribution in [-0.2, 0) is 0 Å². The van der Waals surface area contributed by atoms with Crippen molar-refractivity contribution in [2.75, 3.05) is 0 Å². The SMILES string of the molecule is Cc1[nH]n(-c2ccc3nncn3n2)c(=O)c1C=Nc1c(F)cccc1F. The van der Waals surface area contributed by atoms with Gasteiger partial charge < -0.3 is 0 Å². The van der Waals surface area contributed by atoms with Crippen molar-refractivity contribution in [1.29, 1.82) is 0 Å². The number of aliphatic imine (C=N–C) groups is 1. The number of halogens is 2. The largest absolute Gasteiger partial charge is 0.293 e. The molecule has 0 amide bonds. The fourth-order valence-electron chi connectivity index (χ4n) is 2.45. The molecule has 3 heterocycles. The van der Waals surface area contributed by atoms with Crippen molar-refractivity contribution in [3.05, 3.63) is 69.9 Å². The van der Waals surface area contributed by atoms with Gasteiger partial charge in [-0.1, -0.05) is 6.07 Å². The average molecular weight is 355 g/mol. The van der Waals surface area contributed by atoms with Crippen LogP contribution in [0.25, 0.3) is 11.5 Å². The molecule has 0 bridgehead atoms. The minimum Gasteiger partial charge on any atom is -0.293 e. The van der Waals surface area contributed by atoms with Crippen molar-refractivity contribution in [1.82, 2.24) is 29.6 Å². The Kier molecular flexibility index (Phi) is 3.64. The maximum Gasteiger partial charge on any atom is 0.281 e. The standard InChI is InChI=1S/C16H11F2N7O/c1-9-10(7-19-15-11(17)3-2-4-12(15)18)16(26)25(22-9)14-6-5-13-21-20-8-24(13)23-14/h2-8,22H,1H3. The van der Waals surface area contributed by atoms with Gasteiger partial charge in [0.15, 0.2) is 23.1 Å². The molecule has 1 N–H and O–H groups in total. The third-order valence-electron chi connectivity index (χ3n) is 3.75. The van der Waals surface area contributed by atoms with E-state index >= 15 is 0 Å². The second kappa shape index (κ2) is 5.99. The highest BCUT2D eigenvalue weighted by Crippen LogP contribution is 2.21. The van der Waals surface area contributed by atoms with Gasteiger partial charge in [0.25, 0.3) is 5.56 Å². The Balaban J connectivity index is 1.77. The van der Waals surface area contributed by atoms with Gasteiger partial charge in [-0.3, -0.25) is 9.89 Å². The molecule has 0 fully saturated rings. The van der Waals surface area contributed by atoms with Crippen molar-refractivity contribution in [2.45, 2.75) is 6.92 Å². The molecule has 0 radical (unpaired) electrons. The minimum atomic E-state index is -0.811. The molecule has 0 saturated heterocycles. The Morgan fingerprint density at radius 2 is 1.96 bits per heavy atom. The summed E-state index contributed by atoms with van der Waals surface area (Å²) in [6.07, 6.45) is 2.53. The molecule has 1 aromatic carbocycles. The number of aromatic nitrogens is 6. The van der Waals surface area contributed by atoms with Gasteiger partial charge >= 0.3 is 0 Å². The fourth-order valence-corrected chi connectivity index (χ4v) is 2.45. The monoisotopic (exact) mass is 355 g/mol. The molecule has 0 spiro atoms. The maximum absolute atomic E-state index is 13.7. The summed E-state index contributed by atoms with van der Waals surface area (Å²) < 4.78 is 30.0. The highest BCUT2D eigenvalue weighted by atomic mass is 19.1. The first-order valence-corrected chi connectivity index (χ1v) is 7.52. The van der Waals surface area contributed by atoms with E-state index in [-0.39, 0.29) is 5.56 Å². The van der Waals surface area contributed by atoms with Crippen LogP contribution in [-0.4, -0.2) is 35.8 Å². The predicted octanol–water partition coefficient (Wildman–Crippen LogP) is 1.94. The number of rotatable bonds is 3. The molecule has 0 atom stereocenters. The van der Waals surface area contributed by atoms with Gasteiger partial charge in [0.05, 0.1) is 5.56 Å². The number of benzene rings is 1. The minimum absolute atomic E-state index is 0.165. The molecule has 3 aromatic heterocycles. The van der Waals surface area contributed by atoms with Gasteiger partial charge in [-0.15, -0.1) is 15.3 Å². The van der Waals surface area contributed by atoms with Crippen molar-refractivity contribution in [2.24, 2.45) is 4.99 Å². The molecule has 10 heteroatoms. The topological polar surface area (TPSA) is 93.2 Å². The van der Waals surface area contributed by atoms with Crippen molar-refractivity contribution >= 4 is 17.5 Å². The second-order valence-electron chi connectivity index (χ2n) is 5.44. The average Bonchev–Trinajstić information content (AvgIpc) is 3.19. The molecule has 0 aliphatic rings. The molecular formula is C16H11F2N7O. The number of hydrogen-bond donors (Lipinski definition) is 1. The van der Waals surface area contributed by atoms with E-state index in [2.05, 4.69) is 25.4 Å². The van der Waals surface area contributed by atoms with E-state index in [1.165, 1.54) is 21.6 Å². The lowest BCUT2D eigenvalue weighted by Crippen LogP contribution is -2.19. The van der Waals surface area contributed by atoms with E-state index in [1.807, 2.05) is 0 Å². The molecule has 0 unspecified atom stereocenters. The van der Waals surface area contributed by atoms with Gasteiger partial charge in [0.1, 0.15) is 12.0 Å². The molecule has 130 valence electrons. The zero-order valence-electron chi connectivity index (χ0n) is 13.4. The number of para-hydroxylation sites is 1. The first-order chi connectivity index (χ1) is 12.5. The molecule has 8 nitrogen and oxygen atoms in total. The summed E-state index contributed by atoms with van der Waals surface area (Å²) in [5.74, 6) is -1.31. The number of H-pyrrole nitrogens is 1. The summed E-state index contributed by atoms with van der Waals surface area (Å²) >= 11 is 0. The smallest absolute Gasteiger partial charge is 0.281 e. The lowest BCUT2D eigenvalue weighted by atomic mass is 10.2. The Hall–Kier alpha value is -3.69. The Labute approximate surface area is 144 Å².